The van der Waals surface area contributed by atoms with E-state index in [1.807, 2.05) is 34.9 Å². The average molecular weight is 797 g/mol. The number of hydrogen-bond donors (Lipinski definition) is 2. The highest BCUT2D eigenvalue weighted by atomic mass is 79.9. The van der Waals surface area contributed by atoms with E-state index >= 15 is 0 Å². The molecular formula is C40H54BrN5O7. The maximum atomic E-state index is 14.0. The molecule has 2 aromatic carbocycles. The van der Waals surface area contributed by atoms with E-state index in [-0.39, 0.29) is 48.5 Å². The zero-order valence-electron chi connectivity index (χ0n) is 30.8. The Kier molecular flexibility index (Phi) is 13.7. The molecule has 1 saturated carbocycles. The van der Waals surface area contributed by atoms with Gasteiger partial charge in [0.2, 0.25) is 0 Å². The molecule has 13 heteroatoms. The predicted molar refractivity (Wildman–Crippen MR) is 204 cm³/mol. The third kappa shape index (κ3) is 10.5. The van der Waals surface area contributed by atoms with Crippen LogP contribution in [0.3, 0.4) is 0 Å². The Balaban J connectivity index is 0.979. The number of aromatic hydroxyl groups is 1. The number of amides is 3. The second-order valence-electron chi connectivity index (χ2n) is 14.9. The molecule has 0 spiro atoms. The van der Waals surface area contributed by atoms with E-state index in [1.54, 1.807) is 18.2 Å². The molecule has 0 unspecified atom stereocenters. The number of ether oxygens (including phenoxy) is 2. The van der Waals surface area contributed by atoms with E-state index in [4.69, 9.17) is 9.47 Å². The summed E-state index contributed by atoms with van der Waals surface area (Å²) < 4.78 is 11.6. The number of halogens is 1. The maximum absolute atomic E-state index is 14.0. The number of hydrogen-bond acceptors (Lipinski definition) is 9. The molecule has 2 saturated heterocycles. The van der Waals surface area contributed by atoms with E-state index in [1.165, 1.54) is 0 Å². The third-order valence-electron chi connectivity index (χ3n) is 11.5. The molecule has 0 radical (unpaired) electrons. The van der Waals surface area contributed by atoms with Gasteiger partial charge in [-0.25, -0.2) is 4.79 Å². The normalized spacial score (nSPS) is 22.3. The standard InChI is InChI=1S/C40H54BrN5O7/c1-2-52-38(49)27-43-21-23-44(24-22-43)31-16-18-45(19-17-31)39(50)36(26-29-9-13-35(47)33(41)25-29)53-37(48)14-10-28-7-11-32(12-8-28)46-20-15-30-5-3-4-6-34(30)42-40(46)51/h3-6,9,13,25,28,31-32,36,47H,2,7-8,10-12,14-24,26-27H2,1H3,(H,42,51)/t28?,32?,36-/m1/s1. The fourth-order valence-electron chi connectivity index (χ4n) is 8.42. The fraction of sp³-hybridized carbons (Fsp3) is 0.600. The molecule has 0 bridgehead atoms. The van der Waals surface area contributed by atoms with Crippen molar-refractivity contribution in [1.29, 1.82) is 0 Å². The van der Waals surface area contributed by atoms with Crippen molar-refractivity contribution < 1.29 is 33.8 Å². The molecule has 288 valence electrons. The number of piperazine rings is 1. The zero-order valence-corrected chi connectivity index (χ0v) is 32.4. The third-order valence-corrected chi connectivity index (χ3v) is 12.1. The molecule has 2 aromatic rings. The van der Waals surface area contributed by atoms with Gasteiger partial charge >= 0.3 is 18.0 Å². The van der Waals surface area contributed by atoms with Crippen LogP contribution in [0.4, 0.5) is 10.5 Å². The summed E-state index contributed by atoms with van der Waals surface area (Å²) >= 11 is 3.37. The SMILES string of the molecule is CCOC(=O)CN1CCN(C2CCN(C(=O)[C@@H](Cc3ccc(O)c(Br)c3)OC(=O)CCC3CCC(N4CCc5ccccc5NC4=O)CC3)CC2)CC1. The summed E-state index contributed by atoms with van der Waals surface area (Å²) in [6.45, 7) is 7.77. The molecule has 3 aliphatic heterocycles. The summed E-state index contributed by atoms with van der Waals surface area (Å²) in [5.41, 5.74) is 2.84. The molecule has 6 rings (SSSR count). The number of carbonyl (C=O) groups is 4. The Morgan fingerprint density at radius 2 is 1.64 bits per heavy atom. The van der Waals surface area contributed by atoms with Crippen LogP contribution in [0, 0.1) is 5.92 Å². The number of phenolic OH excluding ortho intramolecular Hbond substituents is 1. The van der Waals surface area contributed by atoms with Crippen molar-refractivity contribution in [3.8, 4) is 5.75 Å². The molecule has 0 aromatic heterocycles. The number of nitrogens with one attached hydrogen (secondary N) is 1. The first-order valence-corrected chi connectivity index (χ1v) is 20.2. The van der Waals surface area contributed by atoms with Crippen molar-refractivity contribution in [2.24, 2.45) is 5.92 Å². The van der Waals surface area contributed by atoms with E-state index in [9.17, 15) is 24.3 Å². The van der Waals surface area contributed by atoms with Crippen molar-refractivity contribution in [2.75, 3.05) is 64.3 Å². The van der Waals surface area contributed by atoms with Crippen LogP contribution in [0.15, 0.2) is 46.9 Å². The fourth-order valence-corrected chi connectivity index (χ4v) is 8.85. The minimum Gasteiger partial charge on any atom is -0.507 e. The number of benzene rings is 2. The highest BCUT2D eigenvalue weighted by molar-refractivity contribution is 9.10. The lowest BCUT2D eigenvalue weighted by atomic mass is 9.83. The smallest absolute Gasteiger partial charge is 0.322 e. The molecule has 3 amide bonds. The first-order chi connectivity index (χ1) is 25.7. The largest absolute Gasteiger partial charge is 0.507 e. The van der Waals surface area contributed by atoms with Gasteiger partial charge in [0, 0.05) is 76.4 Å². The van der Waals surface area contributed by atoms with E-state index in [0.29, 0.717) is 55.6 Å². The lowest BCUT2D eigenvalue weighted by Crippen LogP contribution is -2.55. The number of anilines is 1. The van der Waals surface area contributed by atoms with Crippen LogP contribution >= 0.6 is 15.9 Å². The second kappa shape index (κ2) is 18.6. The van der Waals surface area contributed by atoms with Gasteiger partial charge in [-0.15, -0.1) is 0 Å². The molecule has 2 N–H and O–H groups in total. The number of urea groups is 1. The minimum absolute atomic E-state index is 0.0340. The van der Waals surface area contributed by atoms with E-state index in [2.05, 4.69) is 37.1 Å². The van der Waals surface area contributed by atoms with Crippen molar-refractivity contribution in [3.05, 3.63) is 58.1 Å². The lowest BCUT2D eigenvalue weighted by Gasteiger charge is -2.43. The van der Waals surface area contributed by atoms with Crippen molar-refractivity contribution in [1.82, 2.24) is 19.6 Å². The molecule has 12 nitrogen and oxygen atoms in total. The molecule has 4 aliphatic rings. The topological polar surface area (TPSA) is 132 Å². The van der Waals surface area contributed by atoms with Crippen molar-refractivity contribution >= 4 is 45.5 Å². The average Bonchev–Trinajstić information content (AvgIpc) is 3.33. The lowest BCUT2D eigenvalue weighted by molar-refractivity contribution is -0.161. The first-order valence-electron chi connectivity index (χ1n) is 19.4. The summed E-state index contributed by atoms with van der Waals surface area (Å²) in [6, 6.07) is 13.6. The van der Waals surface area contributed by atoms with Gasteiger partial charge in [0.1, 0.15) is 5.75 Å². The Labute approximate surface area is 321 Å². The highest BCUT2D eigenvalue weighted by Gasteiger charge is 2.35. The molecular weight excluding hydrogens is 742 g/mol. The van der Waals surface area contributed by atoms with Crippen LogP contribution in [-0.4, -0.2) is 126 Å². The van der Waals surface area contributed by atoms with Crippen LogP contribution in [-0.2, 0) is 36.7 Å². The molecule has 3 fully saturated rings. The van der Waals surface area contributed by atoms with Gasteiger partial charge in [0.15, 0.2) is 6.10 Å². The molecule has 3 heterocycles. The number of piperidine rings is 1. The monoisotopic (exact) mass is 795 g/mol. The van der Waals surface area contributed by atoms with Crippen LogP contribution in [0.2, 0.25) is 0 Å². The number of likely N-dealkylation sites (tertiary alicyclic amines) is 1. The minimum atomic E-state index is -0.955. The number of carbonyl (C=O) groups excluding carboxylic acids is 4. The number of rotatable bonds is 12. The summed E-state index contributed by atoms with van der Waals surface area (Å²) in [6.07, 6.45) is 6.38. The number of para-hydroxylation sites is 1. The Bertz CT molecular complexity index is 1580. The number of nitrogens with zero attached hydrogens (tertiary/aromatic N) is 4. The van der Waals surface area contributed by atoms with Gasteiger partial charge in [-0.3, -0.25) is 24.2 Å². The Morgan fingerprint density at radius 3 is 2.36 bits per heavy atom. The van der Waals surface area contributed by atoms with Crippen molar-refractivity contribution in [3.63, 3.8) is 0 Å². The predicted octanol–water partition coefficient (Wildman–Crippen LogP) is 5.21. The zero-order chi connectivity index (χ0) is 37.3. The highest BCUT2D eigenvalue weighted by Crippen LogP contribution is 2.33. The quantitative estimate of drug-likeness (QED) is 0.278. The van der Waals surface area contributed by atoms with Crippen LogP contribution in [0.5, 0.6) is 5.75 Å². The van der Waals surface area contributed by atoms with Gasteiger partial charge in [-0.05, 0) is 109 Å². The van der Waals surface area contributed by atoms with E-state index < -0.39 is 6.10 Å². The van der Waals surface area contributed by atoms with Crippen molar-refractivity contribution in [2.45, 2.75) is 89.3 Å². The summed E-state index contributed by atoms with van der Waals surface area (Å²) in [5, 5.41) is 13.1. The summed E-state index contributed by atoms with van der Waals surface area (Å²) in [5.74, 6) is -0.271. The Morgan fingerprint density at radius 1 is 0.906 bits per heavy atom. The van der Waals surface area contributed by atoms with Gasteiger partial charge in [0.05, 0.1) is 17.6 Å². The van der Waals surface area contributed by atoms with Gasteiger partial charge in [-0.1, -0.05) is 24.3 Å². The molecule has 1 atom stereocenters. The van der Waals surface area contributed by atoms with Crippen LogP contribution < -0.4 is 5.32 Å². The number of esters is 2. The van der Waals surface area contributed by atoms with E-state index in [0.717, 1.165) is 87.9 Å². The van der Waals surface area contributed by atoms with Gasteiger partial charge in [0.25, 0.3) is 5.91 Å². The molecule has 1 aliphatic carbocycles. The number of phenols is 1. The van der Waals surface area contributed by atoms with Crippen LogP contribution in [0.1, 0.15) is 69.4 Å². The second-order valence-corrected chi connectivity index (χ2v) is 15.7. The Hall–Kier alpha value is -3.68. The molecule has 53 heavy (non-hydrogen) atoms. The van der Waals surface area contributed by atoms with Gasteiger partial charge in [-0.2, -0.15) is 0 Å². The summed E-state index contributed by atoms with van der Waals surface area (Å²) in [4.78, 5) is 60.7. The maximum Gasteiger partial charge on any atom is 0.322 e. The first kappa shape index (κ1) is 39.0. The number of fused-ring (bicyclic) bond motifs is 1. The van der Waals surface area contributed by atoms with Crippen LogP contribution in [0.25, 0.3) is 0 Å². The summed E-state index contributed by atoms with van der Waals surface area (Å²) in [7, 11) is 0. The van der Waals surface area contributed by atoms with Gasteiger partial charge < -0.3 is 29.7 Å².